The fourth-order valence-corrected chi connectivity index (χ4v) is 8.38. The summed E-state index contributed by atoms with van der Waals surface area (Å²) in [6, 6.07) is 28.4. The molecular formula is C31H34BrNO4Si. The van der Waals surface area contributed by atoms with Gasteiger partial charge in [0.1, 0.15) is 19.4 Å². The average molecular weight is 593 g/mol. The second-order valence-corrected chi connectivity index (χ2v) is 16.6. The number of nitrogens with zero attached hydrogens (tertiary/aromatic N) is 1. The largest absolute Gasteiger partial charge is 0.425 e. The fraction of sp³-hybridized carbons (Fsp3) is 0.323. The van der Waals surface area contributed by atoms with Crippen LogP contribution in [0.3, 0.4) is 0 Å². The summed E-state index contributed by atoms with van der Waals surface area (Å²) in [7, 11) is -2.00. The molecule has 2 aliphatic rings. The Hall–Kier alpha value is -2.55. The van der Waals surface area contributed by atoms with E-state index in [0.29, 0.717) is 12.2 Å². The summed E-state index contributed by atoms with van der Waals surface area (Å²) >= 11 is 3.42. The molecule has 3 unspecified atom stereocenters. The molecule has 0 radical (unpaired) electrons. The van der Waals surface area contributed by atoms with Gasteiger partial charge in [0.2, 0.25) is 0 Å². The van der Waals surface area contributed by atoms with E-state index in [1.807, 2.05) is 18.2 Å². The molecule has 0 N–H and O–H groups in total. The van der Waals surface area contributed by atoms with Crippen molar-refractivity contribution >= 4 is 35.2 Å². The summed E-state index contributed by atoms with van der Waals surface area (Å²) in [4.78, 5) is 26.0. The minimum absolute atomic E-state index is 0.0478. The first-order chi connectivity index (χ1) is 18.0. The molecule has 0 aliphatic carbocycles. The molecule has 5 nitrogen and oxygen atoms in total. The highest BCUT2D eigenvalue weighted by molar-refractivity contribution is 9.10. The van der Waals surface area contributed by atoms with Crippen LogP contribution in [0.25, 0.3) is 0 Å². The first-order valence-electron chi connectivity index (χ1n) is 13.0. The Kier molecular flexibility index (Phi) is 7.26. The quantitative estimate of drug-likeness (QED) is 0.187. The molecule has 0 amide bonds. The molecule has 0 spiro atoms. The molecule has 38 heavy (non-hydrogen) atoms. The molecule has 0 saturated carbocycles. The van der Waals surface area contributed by atoms with Crippen LogP contribution in [0, 0.1) is 0 Å². The zero-order valence-electron chi connectivity index (χ0n) is 22.5. The molecule has 3 atom stereocenters. The maximum Gasteiger partial charge on any atom is 0.342 e. The molecule has 198 valence electrons. The zero-order valence-corrected chi connectivity index (χ0v) is 25.1. The summed E-state index contributed by atoms with van der Waals surface area (Å²) in [6.45, 7) is 11.0. The van der Waals surface area contributed by atoms with Gasteiger partial charge in [-0.05, 0) is 56.2 Å². The normalized spacial score (nSPS) is 26.2. The van der Waals surface area contributed by atoms with E-state index in [0.717, 1.165) is 4.47 Å². The smallest absolute Gasteiger partial charge is 0.342 e. The Morgan fingerprint density at radius 3 is 2.21 bits per heavy atom. The van der Waals surface area contributed by atoms with Gasteiger partial charge in [-0.3, -0.25) is 9.68 Å². The number of carbonyl (C=O) groups is 1. The number of rotatable bonds is 5. The van der Waals surface area contributed by atoms with Gasteiger partial charge >= 0.3 is 5.97 Å². The van der Waals surface area contributed by atoms with Crippen molar-refractivity contribution in [3.05, 3.63) is 106 Å². The van der Waals surface area contributed by atoms with E-state index in [9.17, 15) is 4.79 Å². The second kappa shape index (κ2) is 10.2. The van der Waals surface area contributed by atoms with E-state index in [-0.39, 0.29) is 5.92 Å². The molecule has 7 heteroatoms. The summed E-state index contributed by atoms with van der Waals surface area (Å²) < 4.78 is 6.61. The average Bonchev–Trinajstić information content (AvgIpc) is 3.22. The van der Waals surface area contributed by atoms with Crippen molar-refractivity contribution in [3.8, 4) is 5.75 Å². The number of benzene rings is 3. The van der Waals surface area contributed by atoms with Gasteiger partial charge in [0.25, 0.3) is 0 Å². The molecule has 2 heterocycles. The molecule has 3 aromatic carbocycles. The first kappa shape index (κ1) is 27.0. The van der Waals surface area contributed by atoms with Gasteiger partial charge in [-0.25, -0.2) is 4.79 Å². The van der Waals surface area contributed by atoms with E-state index in [1.54, 1.807) is 17.4 Å². The molecule has 5 rings (SSSR count). The SMILES string of the molecule is CC1(C)ON2OC(C(=O)Oc3ccc(Br)cc3)CC2(C)C(c2ccccc2)/C1=C\[Si](C)(C)c1ccccc1. The van der Waals surface area contributed by atoms with E-state index >= 15 is 0 Å². The topological polar surface area (TPSA) is 48.0 Å². The van der Waals surface area contributed by atoms with Crippen LogP contribution in [0.4, 0.5) is 0 Å². The molecule has 3 aromatic rings. The summed E-state index contributed by atoms with van der Waals surface area (Å²) in [5, 5.41) is 2.94. The van der Waals surface area contributed by atoms with Gasteiger partial charge in [-0.15, -0.1) is 0 Å². The third kappa shape index (κ3) is 5.18. The lowest BCUT2D eigenvalue weighted by Crippen LogP contribution is -2.58. The number of hydroxylamine groups is 2. The second-order valence-electron chi connectivity index (χ2n) is 11.4. The minimum Gasteiger partial charge on any atom is -0.425 e. The number of esters is 1. The molecule has 0 bridgehead atoms. The van der Waals surface area contributed by atoms with Crippen LogP contribution in [0.2, 0.25) is 13.1 Å². The molecule has 2 saturated heterocycles. The Balaban J connectivity index is 1.54. The summed E-state index contributed by atoms with van der Waals surface area (Å²) in [5.74, 6) is 0.00276. The number of halogens is 1. The van der Waals surface area contributed by atoms with Gasteiger partial charge in [-0.1, -0.05) is 106 Å². The fourth-order valence-electron chi connectivity index (χ4n) is 5.61. The van der Waals surface area contributed by atoms with Crippen LogP contribution in [0.15, 0.2) is 101 Å². The van der Waals surface area contributed by atoms with E-state index in [1.165, 1.54) is 16.3 Å². The lowest BCUT2D eigenvalue weighted by molar-refractivity contribution is -0.428. The Bertz CT molecular complexity index is 1330. The Morgan fingerprint density at radius 2 is 1.58 bits per heavy atom. The number of carbonyl (C=O) groups excluding carboxylic acids is 1. The third-order valence-corrected chi connectivity index (χ3v) is 11.0. The molecule has 0 aromatic heterocycles. The van der Waals surface area contributed by atoms with Crippen molar-refractivity contribution in [1.82, 2.24) is 5.23 Å². The van der Waals surface area contributed by atoms with Crippen LogP contribution in [0.5, 0.6) is 5.75 Å². The van der Waals surface area contributed by atoms with E-state index in [2.05, 4.69) is 110 Å². The predicted molar refractivity (Wildman–Crippen MR) is 155 cm³/mol. The lowest BCUT2D eigenvalue weighted by atomic mass is 9.69. The van der Waals surface area contributed by atoms with Crippen LogP contribution >= 0.6 is 15.9 Å². The molecular weight excluding hydrogens is 558 g/mol. The Labute approximate surface area is 234 Å². The summed E-state index contributed by atoms with van der Waals surface area (Å²) in [6.07, 6.45) is -0.354. The van der Waals surface area contributed by atoms with Crippen LogP contribution in [-0.2, 0) is 14.5 Å². The van der Waals surface area contributed by atoms with Crippen molar-refractivity contribution in [1.29, 1.82) is 0 Å². The van der Waals surface area contributed by atoms with Gasteiger partial charge in [0.05, 0.1) is 5.54 Å². The predicted octanol–water partition coefficient (Wildman–Crippen LogP) is 6.71. The van der Waals surface area contributed by atoms with Gasteiger partial charge in [0, 0.05) is 16.8 Å². The lowest BCUT2D eigenvalue weighted by Gasteiger charge is -2.51. The standard InChI is InChI=1S/C31H34BrNO4Si/c1-30(2)26(21-38(4,5)25-14-10-7-11-15-25)28(22-12-8-6-9-13-22)31(3)20-27(36-33(31)37-30)29(34)35-24-18-16-23(32)17-19-24/h6-19,21,27-28H,20H2,1-5H3/b26-21+. The zero-order chi connectivity index (χ0) is 27.1. The van der Waals surface area contributed by atoms with Crippen molar-refractivity contribution in [3.63, 3.8) is 0 Å². The monoisotopic (exact) mass is 591 g/mol. The van der Waals surface area contributed by atoms with E-state index < -0.39 is 31.3 Å². The number of ether oxygens (including phenoxy) is 1. The maximum atomic E-state index is 13.2. The third-order valence-electron chi connectivity index (χ3n) is 7.64. The molecule has 2 fully saturated rings. The van der Waals surface area contributed by atoms with Crippen LogP contribution < -0.4 is 9.92 Å². The summed E-state index contributed by atoms with van der Waals surface area (Å²) in [5.41, 5.74) is 3.60. The van der Waals surface area contributed by atoms with E-state index in [4.69, 9.17) is 14.4 Å². The number of hydrogen-bond donors (Lipinski definition) is 0. The van der Waals surface area contributed by atoms with Crippen molar-refractivity contribution < 1.29 is 19.2 Å². The van der Waals surface area contributed by atoms with Crippen molar-refractivity contribution in [2.45, 2.75) is 63.4 Å². The maximum absolute atomic E-state index is 13.2. The highest BCUT2D eigenvalue weighted by atomic mass is 79.9. The van der Waals surface area contributed by atoms with Gasteiger partial charge in [0.15, 0.2) is 6.10 Å². The number of hydrogen-bond acceptors (Lipinski definition) is 5. The van der Waals surface area contributed by atoms with Crippen LogP contribution in [-0.4, -0.2) is 36.5 Å². The van der Waals surface area contributed by atoms with Crippen molar-refractivity contribution in [2.24, 2.45) is 0 Å². The van der Waals surface area contributed by atoms with Crippen LogP contribution in [0.1, 0.15) is 38.7 Å². The molecule has 2 aliphatic heterocycles. The van der Waals surface area contributed by atoms with Crippen molar-refractivity contribution in [2.75, 3.05) is 0 Å². The number of fused-ring (bicyclic) bond motifs is 1. The minimum atomic E-state index is -2.00. The Morgan fingerprint density at radius 1 is 0.974 bits per heavy atom. The highest BCUT2D eigenvalue weighted by Gasteiger charge is 2.60. The highest BCUT2D eigenvalue weighted by Crippen LogP contribution is 2.54. The first-order valence-corrected chi connectivity index (χ1v) is 16.8. The van der Waals surface area contributed by atoms with Gasteiger partial charge < -0.3 is 4.74 Å². The van der Waals surface area contributed by atoms with Gasteiger partial charge in [-0.2, -0.15) is 0 Å².